The molecule has 24 heavy (non-hydrogen) atoms. The maximum Gasteiger partial charge on any atom is 0.227 e. The second kappa shape index (κ2) is 7.38. The number of thiazole rings is 1. The van der Waals surface area contributed by atoms with Crippen molar-refractivity contribution in [1.29, 1.82) is 0 Å². The molecule has 130 valence electrons. The average molecular weight is 366 g/mol. The minimum atomic E-state index is 0. The highest BCUT2D eigenvalue weighted by Crippen LogP contribution is 2.34. The molecular formula is C18H24ClN3OS. The molecule has 0 spiro atoms. The maximum absolute atomic E-state index is 12.7. The first-order valence-corrected chi connectivity index (χ1v) is 9.39. The van der Waals surface area contributed by atoms with Crippen LogP contribution in [0.4, 0.5) is 0 Å². The van der Waals surface area contributed by atoms with Gasteiger partial charge in [-0.1, -0.05) is 19.1 Å². The second-order valence-electron chi connectivity index (χ2n) is 6.86. The van der Waals surface area contributed by atoms with Gasteiger partial charge >= 0.3 is 0 Å². The molecule has 4 rings (SSSR count). The summed E-state index contributed by atoms with van der Waals surface area (Å²) in [4.78, 5) is 19.5. The van der Waals surface area contributed by atoms with Crippen LogP contribution in [0.1, 0.15) is 30.7 Å². The monoisotopic (exact) mass is 365 g/mol. The molecule has 1 aromatic carbocycles. The molecule has 0 aliphatic carbocycles. The molecule has 0 bridgehead atoms. The van der Waals surface area contributed by atoms with Gasteiger partial charge in [-0.05, 0) is 37.4 Å². The first kappa shape index (κ1) is 17.6. The Balaban J connectivity index is 0.00000169. The van der Waals surface area contributed by atoms with Crippen molar-refractivity contribution in [3.63, 3.8) is 0 Å². The summed E-state index contributed by atoms with van der Waals surface area (Å²) in [5.41, 5.74) is 1.11. The number of carbonyl (C=O) groups is 1. The summed E-state index contributed by atoms with van der Waals surface area (Å²) in [7, 11) is 0. The van der Waals surface area contributed by atoms with Gasteiger partial charge in [0.25, 0.3) is 0 Å². The molecule has 1 amide bonds. The molecule has 1 aromatic heterocycles. The summed E-state index contributed by atoms with van der Waals surface area (Å²) >= 11 is 1.81. The molecule has 2 aliphatic rings. The number of rotatable bonds is 2. The summed E-state index contributed by atoms with van der Waals surface area (Å²) in [5.74, 6) is 1.50. The Kier molecular flexibility index (Phi) is 5.42. The molecule has 6 heteroatoms. The van der Waals surface area contributed by atoms with Crippen LogP contribution in [0, 0.1) is 11.8 Å². The van der Waals surface area contributed by atoms with Gasteiger partial charge in [-0.25, -0.2) is 4.98 Å². The van der Waals surface area contributed by atoms with E-state index in [1.54, 1.807) is 0 Å². The molecule has 2 fully saturated rings. The van der Waals surface area contributed by atoms with Crippen molar-refractivity contribution in [1.82, 2.24) is 15.2 Å². The molecule has 0 unspecified atom stereocenters. The largest absolute Gasteiger partial charge is 0.342 e. The Morgan fingerprint density at radius 3 is 2.67 bits per heavy atom. The Morgan fingerprint density at radius 1 is 1.25 bits per heavy atom. The Bertz CT molecular complexity index is 678. The normalized spacial score (nSPS) is 25.0. The van der Waals surface area contributed by atoms with E-state index in [1.165, 1.54) is 9.71 Å². The molecule has 2 aromatic rings. The lowest BCUT2D eigenvalue weighted by molar-refractivity contribution is -0.137. The predicted molar refractivity (Wildman–Crippen MR) is 101 cm³/mol. The molecule has 1 N–H and O–H groups in total. The number of nitrogens with one attached hydrogen (secondary N) is 1. The van der Waals surface area contributed by atoms with E-state index in [0.717, 1.165) is 44.5 Å². The van der Waals surface area contributed by atoms with Gasteiger partial charge < -0.3 is 10.2 Å². The van der Waals surface area contributed by atoms with E-state index in [9.17, 15) is 4.79 Å². The number of amides is 1. The highest BCUT2D eigenvalue weighted by molar-refractivity contribution is 7.18. The van der Waals surface area contributed by atoms with Crippen molar-refractivity contribution in [2.75, 3.05) is 26.2 Å². The van der Waals surface area contributed by atoms with Crippen molar-refractivity contribution in [2.45, 2.75) is 25.7 Å². The number of para-hydroxylation sites is 1. The van der Waals surface area contributed by atoms with Gasteiger partial charge in [-0.15, -0.1) is 23.7 Å². The minimum Gasteiger partial charge on any atom is -0.342 e. The van der Waals surface area contributed by atoms with Gasteiger partial charge in [-0.3, -0.25) is 4.79 Å². The van der Waals surface area contributed by atoms with E-state index >= 15 is 0 Å². The molecule has 2 saturated heterocycles. The highest BCUT2D eigenvalue weighted by atomic mass is 35.5. The number of likely N-dealkylation sites (tertiary alicyclic amines) is 1. The van der Waals surface area contributed by atoms with Gasteiger partial charge in [-0.2, -0.15) is 0 Å². The van der Waals surface area contributed by atoms with Crippen molar-refractivity contribution in [3.05, 3.63) is 29.3 Å². The SMILES string of the molecule is C[C@@H]1CNC[C@H]1C(=O)N1CCC(c2nc3ccccc3s2)CC1.Cl. The van der Waals surface area contributed by atoms with E-state index in [2.05, 4.69) is 35.3 Å². The summed E-state index contributed by atoms with van der Waals surface area (Å²) < 4.78 is 1.27. The van der Waals surface area contributed by atoms with Gasteiger partial charge in [0, 0.05) is 25.6 Å². The lowest BCUT2D eigenvalue weighted by atomic mass is 9.93. The van der Waals surface area contributed by atoms with Gasteiger partial charge in [0.1, 0.15) is 0 Å². The quantitative estimate of drug-likeness (QED) is 0.888. The van der Waals surface area contributed by atoms with Gasteiger partial charge in [0.15, 0.2) is 0 Å². The van der Waals surface area contributed by atoms with E-state index in [-0.39, 0.29) is 18.3 Å². The number of hydrogen-bond donors (Lipinski definition) is 1. The van der Waals surface area contributed by atoms with Crippen LogP contribution in [0.2, 0.25) is 0 Å². The van der Waals surface area contributed by atoms with Crippen LogP contribution in [-0.4, -0.2) is 42.0 Å². The van der Waals surface area contributed by atoms with Gasteiger partial charge in [0.05, 0.1) is 21.1 Å². The zero-order valence-corrected chi connectivity index (χ0v) is 15.5. The number of aromatic nitrogens is 1. The van der Waals surface area contributed by atoms with Crippen molar-refractivity contribution in [2.24, 2.45) is 11.8 Å². The lowest BCUT2D eigenvalue weighted by Crippen LogP contribution is -2.43. The standard InChI is InChI=1S/C18H23N3OS.ClH/c1-12-10-19-11-14(12)18(22)21-8-6-13(7-9-21)17-20-15-4-2-3-5-16(15)23-17;/h2-5,12-14,19H,6-11H2,1H3;1H/t12-,14-;/m1./s1. The average Bonchev–Trinajstić information content (AvgIpc) is 3.20. The van der Waals surface area contributed by atoms with Crippen LogP contribution in [0.25, 0.3) is 10.2 Å². The van der Waals surface area contributed by atoms with Crippen molar-refractivity contribution >= 4 is 39.9 Å². The maximum atomic E-state index is 12.7. The topological polar surface area (TPSA) is 45.2 Å². The van der Waals surface area contributed by atoms with Crippen LogP contribution >= 0.6 is 23.7 Å². The molecule has 0 radical (unpaired) electrons. The van der Waals surface area contributed by atoms with Crippen LogP contribution in [-0.2, 0) is 4.79 Å². The van der Waals surface area contributed by atoms with Crippen LogP contribution in [0.15, 0.2) is 24.3 Å². The highest BCUT2D eigenvalue weighted by Gasteiger charge is 2.34. The fourth-order valence-corrected chi connectivity index (χ4v) is 4.92. The molecule has 0 saturated carbocycles. The summed E-state index contributed by atoms with van der Waals surface area (Å²) in [6.07, 6.45) is 2.08. The summed E-state index contributed by atoms with van der Waals surface area (Å²) in [6.45, 7) is 5.75. The zero-order chi connectivity index (χ0) is 15.8. The fraction of sp³-hybridized carbons (Fsp3) is 0.556. The zero-order valence-electron chi connectivity index (χ0n) is 13.9. The Morgan fingerprint density at radius 2 is 2.00 bits per heavy atom. The van der Waals surface area contributed by atoms with Crippen molar-refractivity contribution < 1.29 is 4.79 Å². The fourth-order valence-electron chi connectivity index (χ4n) is 3.79. The first-order chi connectivity index (χ1) is 11.2. The van der Waals surface area contributed by atoms with Crippen LogP contribution < -0.4 is 5.32 Å². The number of carbonyl (C=O) groups excluding carboxylic acids is 1. The number of nitrogens with zero attached hydrogens (tertiary/aromatic N) is 2. The van der Waals surface area contributed by atoms with E-state index in [4.69, 9.17) is 4.98 Å². The number of benzene rings is 1. The summed E-state index contributed by atoms with van der Waals surface area (Å²) in [5, 5.41) is 4.58. The van der Waals surface area contributed by atoms with E-state index in [1.807, 2.05) is 17.4 Å². The van der Waals surface area contributed by atoms with Crippen LogP contribution in [0.3, 0.4) is 0 Å². The lowest BCUT2D eigenvalue weighted by Gasteiger charge is -2.33. The first-order valence-electron chi connectivity index (χ1n) is 8.57. The molecule has 2 aliphatic heterocycles. The number of piperidine rings is 1. The molecule has 3 heterocycles. The van der Waals surface area contributed by atoms with Crippen molar-refractivity contribution in [3.8, 4) is 0 Å². The minimum absolute atomic E-state index is 0. The number of hydrogen-bond acceptors (Lipinski definition) is 4. The smallest absolute Gasteiger partial charge is 0.227 e. The summed E-state index contributed by atoms with van der Waals surface area (Å²) in [6, 6.07) is 8.35. The third-order valence-corrected chi connectivity index (χ3v) is 6.50. The Labute approximate surface area is 153 Å². The van der Waals surface area contributed by atoms with Gasteiger partial charge in [0.2, 0.25) is 5.91 Å². The number of halogens is 1. The van der Waals surface area contributed by atoms with E-state index < -0.39 is 0 Å². The third-order valence-electron chi connectivity index (χ3n) is 5.30. The number of fused-ring (bicyclic) bond motifs is 1. The second-order valence-corrected chi connectivity index (χ2v) is 7.92. The van der Waals surface area contributed by atoms with Crippen LogP contribution in [0.5, 0.6) is 0 Å². The third kappa shape index (κ3) is 3.30. The van der Waals surface area contributed by atoms with E-state index in [0.29, 0.717) is 17.7 Å². The predicted octanol–water partition coefficient (Wildman–Crippen LogP) is 3.28. The Hall–Kier alpha value is -1.17. The molecule has 4 nitrogen and oxygen atoms in total. The molecular weight excluding hydrogens is 342 g/mol. The molecule has 2 atom stereocenters.